The maximum absolute atomic E-state index is 6.70. The molecule has 0 saturated heterocycles. The molecular weight excluding hydrogens is 697 g/mol. The Balaban J connectivity index is 1.19. The Morgan fingerprint density at radius 1 is 0.351 bits per heavy atom. The van der Waals surface area contributed by atoms with Gasteiger partial charge in [0.2, 0.25) is 5.95 Å². The van der Waals surface area contributed by atoms with Crippen molar-refractivity contribution >= 4 is 65.6 Å². The van der Waals surface area contributed by atoms with Crippen LogP contribution in [0.2, 0.25) is 0 Å². The second-order valence-corrected chi connectivity index (χ2v) is 14.6. The molecule has 57 heavy (non-hydrogen) atoms. The molecule has 0 amide bonds. The average Bonchev–Trinajstić information content (AvgIpc) is 3.95. The van der Waals surface area contributed by atoms with Crippen LogP contribution in [0.3, 0.4) is 0 Å². The highest BCUT2D eigenvalue weighted by Crippen LogP contribution is 2.43. The summed E-state index contributed by atoms with van der Waals surface area (Å²) in [5.41, 5.74) is 13.0. The van der Waals surface area contributed by atoms with Gasteiger partial charge in [-0.3, -0.25) is 4.57 Å². The third kappa shape index (κ3) is 4.82. The summed E-state index contributed by atoms with van der Waals surface area (Å²) in [6.45, 7) is 0. The Hall–Kier alpha value is -7.76. The van der Waals surface area contributed by atoms with Crippen LogP contribution in [0, 0.1) is 0 Å². The van der Waals surface area contributed by atoms with Gasteiger partial charge in [-0.15, -0.1) is 0 Å². The summed E-state index contributed by atoms with van der Waals surface area (Å²) in [4.78, 5) is 10.8. The molecule has 12 aromatic rings. The summed E-state index contributed by atoms with van der Waals surface area (Å²) in [5.74, 6) is 0.607. The first-order valence-electron chi connectivity index (χ1n) is 19.3. The van der Waals surface area contributed by atoms with E-state index in [1.54, 1.807) is 0 Å². The van der Waals surface area contributed by atoms with E-state index in [0.717, 1.165) is 99.3 Å². The van der Waals surface area contributed by atoms with Gasteiger partial charge in [0.15, 0.2) is 5.58 Å². The summed E-state index contributed by atoms with van der Waals surface area (Å²) in [7, 11) is 0. The molecule has 0 aliphatic heterocycles. The monoisotopic (exact) mass is 728 g/mol. The van der Waals surface area contributed by atoms with E-state index < -0.39 is 0 Å². The number of benzene rings is 8. The topological polar surface area (TPSA) is 48.8 Å². The third-order valence-electron chi connectivity index (χ3n) is 11.4. The zero-order valence-corrected chi connectivity index (χ0v) is 30.7. The number of nitrogens with zero attached hydrogens (tertiary/aromatic N) is 4. The van der Waals surface area contributed by atoms with Crippen molar-refractivity contribution in [2.75, 3.05) is 0 Å². The van der Waals surface area contributed by atoms with Gasteiger partial charge in [-0.2, -0.15) is 0 Å². The first-order valence-corrected chi connectivity index (χ1v) is 19.3. The predicted octanol–water partition coefficient (Wildman–Crippen LogP) is 13.6. The molecule has 0 radical (unpaired) electrons. The number of hydrogen-bond acceptors (Lipinski definition) is 3. The van der Waals surface area contributed by atoms with Gasteiger partial charge in [-0.25, -0.2) is 9.97 Å². The van der Waals surface area contributed by atoms with Gasteiger partial charge in [0.25, 0.3) is 0 Å². The number of rotatable bonds is 5. The molecule has 8 aromatic carbocycles. The van der Waals surface area contributed by atoms with Crippen molar-refractivity contribution in [3.63, 3.8) is 0 Å². The molecule has 4 aromatic heterocycles. The largest absolute Gasteiger partial charge is 0.454 e. The van der Waals surface area contributed by atoms with Crippen LogP contribution in [-0.2, 0) is 0 Å². The van der Waals surface area contributed by atoms with E-state index in [0.29, 0.717) is 5.95 Å². The molecule has 0 spiro atoms. The maximum atomic E-state index is 6.70. The number of para-hydroxylation sites is 4. The minimum Gasteiger partial charge on any atom is -0.454 e. The van der Waals surface area contributed by atoms with Crippen molar-refractivity contribution in [2.45, 2.75) is 0 Å². The van der Waals surface area contributed by atoms with Crippen molar-refractivity contribution in [2.24, 2.45) is 0 Å². The molecule has 0 atom stereocenters. The van der Waals surface area contributed by atoms with Gasteiger partial charge in [-0.05, 0) is 41.5 Å². The first kappa shape index (κ1) is 31.6. The molecule has 4 heterocycles. The van der Waals surface area contributed by atoms with Crippen LogP contribution < -0.4 is 0 Å². The minimum absolute atomic E-state index is 0.607. The van der Waals surface area contributed by atoms with Gasteiger partial charge < -0.3 is 8.98 Å². The zero-order chi connectivity index (χ0) is 37.5. The maximum Gasteiger partial charge on any atom is 0.235 e. The first-order chi connectivity index (χ1) is 28.3. The summed E-state index contributed by atoms with van der Waals surface area (Å²) in [6.07, 6.45) is 0. The molecule has 5 heteroatoms. The zero-order valence-electron chi connectivity index (χ0n) is 30.7. The lowest BCUT2D eigenvalue weighted by atomic mass is 10.0. The molecule has 0 unspecified atom stereocenters. The van der Waals surface area contributed by atoms with Crippen LogP contribution in [-0.4, -0.2) is 19.1 Å². The van der Waals surface area contributed by atoms with Gasteiger partial charge >= 0.3 is 0 Å². The van der Waals surface area contributed by atoms with E-state index in [1.165, 1.54) is 5.56 Å². The molecule has 0 fully saturated rings. The summed E-state index contributed by atoms with van der Waals surface area (Å²) < 4.78 is 11.4. The van der Waals surface area contributed by atoms with Crippen molar-refractivity contribution in [1.82, 2.24) is 19.1 Å². The Morgan fingerprint density at radius 3 is 1.53 bits per heavy atom. The molecule has 266 valence electrons. The van der Waals surface area contributed by atoms with Crippen LogP contribution in [0.15, 0.2) is 199 Å². The highest BCUT2D eigenvalue weighted by Gasteiger charge is 2.24. The Labute approximate surface area is 327 Å². The summed E-state index contributed by atoms with van der Waals surface area (Å²) >= 11 is 0. The quantitative estimate of drug-likeness (QED) is 0.177. The van der Waals surface area contributed by atoms with Gasteiger partial charge in [0, 0.05) is 43.4 Å². The average molecular weight is 729 g/mol. The summed E-state index contributed by atoms with van der Waals surface area (Å²) in [6, 6.07) is 68.2. The van der Waals surface area contributed by atoms with Crippen LogP contribution in [0.25, 0.3) is 111 Å². The highest BCUT2D eigenvalue weighted by molar-refractivity contribution is 6.24. The highest BCUT2D eigenvalue weighted by atomic mass is 16.3. The predicted molar refractivity (Wildman–Crippen MR) is 234 cm³/mol. The third-order valence-corrected chi connectivity index (χ3v) is 11.4. The number of hydrogen-bond donors (Lipinski definition) is 0. The van der Waals surface area contributed by atoms with Gasteiger partial charge in [0.1, 0.15) is 5.58 Å². The van der Waals surface area contributed by atoms with Crippen LogP contribution in [0.5, 0.6) is 0 Å². The number of aromatic nitrogens is 4. The number of fused-ring (bicyclic) bond motifs is 10. The standard InChI is InChI=1S/C52H32N4O/c1-3-14-33(15-4-1)34-26-28-36(29-27-34)44-32-43(35-16-5-2-6-17-35)53-52(54-44)56-46-23-11-8-19-38(46)41-31-30-40-37-18-7-10-22-45(37)55(49(40)50(41)56)47-24-13-21-42-39-20-9-12-25-48(39)57-51(42)47/h1-32H. The fourth-order valence-electron chi connectivity index (χ4n) is 8.77. The van der Waals surface area contributed by atoms with E-state index in [4.69, 9.17) is 14.4 Å². The van der Waals surface area contributed by atoms with Crippen LogP contribution in [0.4, 0.5) is 0 Å². The number of furan rings is 1. The van der Waals surface area contributed by atoms with Gasteiger partial charge in [0.05, 0.1) is 39.1 Å². The Kier molecular flexibility index (Phi) is 6.86. The normalized spacial score (nSPS) is 11.9. The lowest BCUT2D eigenvalue weighted by Gasteiger charge is -2.14. The molecule has 5 nitrogen and oxygen atoms in total. The lowest BCUT2D eigenvalue weighted by Crippen LogP contribution is -2.05. The van der Waals surface area contributed by atoms with E-state index in [2.05, 4.69) is 179 Å². The van der Waals surface area contributed by atoms with Crippen molar-refractivity contribution < 1.29 is 4.42 Å². The fourth-order valence-corrected chi connectivity index (χ4v) is 8.77. The SMILES string of the molecule is c1ccc(-c2ccc(-c3cc(-c4ccccc4)nc(-n4c5ccccc5c5ccc6c7ccccc7n(-c7cccc8c7oc7ccccc78)c6c54)n3)cc2)cc1. The summed E-state index contributed by atoms with van der Waals surface area (Å²) in [5, 5.41) is 6.76. The second-order valence-electron chi connectivity index (χ2n) is 14.6. The van der Waals surface area contributed by atoms with Crippen LogP contribution in [0.1, 0.15) is 0 Å². The van der Waals surface area contributed by atoms with E-state index in [1.807, 2.05) is 24.3 Å². The van der Waals surface area contributed by atoms with Crippen molar-refractivity contribution in [3.05, 3.63) is 194 Å². The molecule has 0 saturated carbocycles. The fraction of sp³-hybridized carbons (Fsp3) is 0. The minimum atomic E-state index is 0.607. The Bertz CT molecular complexity index is 3500. The van der Waals surface area contributed by atoms with E-state index in [-0.39, 0.29) is 0 Å². The molecule has 0 aliphatic rings. The Morgan fingerprint density at radius 2 is 0.842 bits per heavy atom. The van der Waals surface area contributed by atoms with E-state index >= 15 is 0 Å². The molecule has 0 N–H and O–H groups in total. The smallest absolute Gasteiger partial charge is 0.235 e. The lowest BCUT2D eigenvalue weighted by molar-refractivity contribution is 0.666. The van der Waals surface area contributed by atoms with Gasteiger partial charge in [-0.1, -0.05) is 164 Å². The van der Waals surface area contributed by atoms with E-state index in [9.17, 15) is 0 Å². The molecular formula is C52H32N4O. The van der Waals surface area contributed by atoms with Crippen molar-refractivity contribution in [3.8, 4) is 45.3 Å². The van der Waals surface area contributed by atoms with Crippen molar-refractivity contribution in [1.29, 1.82) is 0 Å². The molecule has 12 rings (SSSR count). The second kappa shape index (κ2) is 12.4. The van der Waals surface area contributed by atoms with Crippen LogP contribution >= 0.6 is 0 Å². The molecule has 0 bridgehead atoms. The molecule has 0 aliphatic carbocycles.